The summed E-state index contributed by atoms with van der Waals surface area (Å²) in [5.74, 6) is -1.06. The second-order valence-corrected chi connectivity index (χ2v) is 6.30. The van der Waals surface area contributed by atoms with E-state index in [0.29, 0.717) is 18.0 Å². The van der Waals surface area contributed by atoms with E-state index in [9.17, 15) is 9.59 Å². The maximum atomic E-state index is 12.3. The van der Waals surface area contributed by atoms with Crippen LogP contribution in [0.1, 0.15) is 29.6 Å². The molecule has 2 fully saturated rings. The average molecular weight is 402 g/mol. The van der Waals surface area contributed by atoms with Crippen molar-refractivity contribution in [3.63, 3.8) is 0 Å². The molecule has 0 aliphatic carbocycles. The minimum Gasteiger partial charge on any atom is -0.469 e. The number of hydrogen-bond acceptors (Lipinski definition) is 7. The van der Waals surface area contributed by atoms with Crippen molar-refractivity contribution in [1.82, 2.24) is 4.90 Å². The zero-order valence-corrected chi connectivity index (χ0v) is 15.6. The number of benzene rings is 1. The van der Waals surface area contributed by atoms with Crippen molar-refractivity contribution < 1.29 is 40.3 Å². The number of ether oxygens (including phenoxy) is 2. The molecule has 2 saturated heterocycles. The van der Waals surface area contributed by atoms with Gasteiger partial charge in [0.25, 0.3) is 5.09 Å². The molecular formula is C17H26N2O9. The number of hydrogen-bond donors (Lipinski definition) is 1. The second-order valence-electron chi connectivity index (χ2n) is 6.30. The van der Waals surface area contributed by atoms with Crippen molar-refractivity contribution in [2.45, 2.75) is 37.5 Å². The van der Waals surface area contributed by atoms with Crippen molar-refractivity contribution in [2.75, 3.05) is 14.2 Å². The molecule has 5 N–H and O–H groups in total. The number of carbonyl (C=O) groups is 2. The lowest BCUT2D eigenvalue weighted by atomic mass is 9.87. The number of methoxy groups -OCH3 is 1. The molecule has 0 amide bonds. The van der Waals surface area contributed by atoms with E-state index >= 15 is 0 Å². The van der Waals surface area contributed by atoms with E-state index in [2.05, 4.69) is 4.90 Å². The standard InChI is InChI=1S/C17H21NO4.HNO3.2H2O/c1-18-12-8-9-13(18)15(17(20)21-2)14(10-12)22-16(19)11-6-4-3-5-7-11;2-1(3)4;;/h3-7,12-15H,8-10H2,1-2H3;(H,2,3,4);2*1H2/t12-,13+,14-,15+;;;/m0.../s1. The van der Waals surface area contributed by atoms with E-state index in [1.807, 2.05) is 13.1 Å². The van der Waals surface area contributed by atoms with Gasteiger partial charge in [-0.2, -0.15) is 0 Å². The topological polar surface area (TPSA) is 182 Å². The summed E-state index contributed by atoms with van der Waals surface area (Å²) >= 11 is 0. The van der Waals surface area contributed by atoms with Gasteiger partial charge in [0.15, 0.2) is 0 Å². The number of esters is 2. The van der Waals surface area contributed by atoms with Gasteiger partial charge in [-0.25, -0.2) is 4.79 Å². The van der Waals surface area contributed by atoms with E-state index in [1.54, 1.807) is 24.3 Å². The Morgan fingerprint density at radius 3 is 2.32 bits per heavy atom. The van der Waals surface area contributed by atoms with Crippen LogP contribution in [-0.2, 0) is 14.3 Å². The van der Waals surface area contributed by atoms with Crippen LogP contribution in [-0.4, -0.2) is 70.4 Å². The zero-order chi connectivity index (χ0) is 19.3. The maximum Gasteiger partial charge on any atom is 0.338 e. The Kier molecular flexibility index (Phi) is 10.1. The maximum absolute atomic E-state index is 12.3. The summed E-state index contributed by atoms with van der Waals surface area (Å²) in [6.07, 6.45) is 2.26. The van der Waals surface area contributed by atoms with Crippen molar-refractivity contribution >= 4 is 11.9 Å². The summed E-state index contributed by atoms with van der Waals surface area (Å²) in [4.78, 5) is 35.1. The number of carbonyl (C=O) groups excluding carboxylic acids is 2. The van der Waals surface area contributed by atoms with Crippen LogP contribution in [0.3, 0.4) is 0 Å². The molecule has 0 radical (unpaired) electrons. The highest BCUT2D eigenvalue weighted by molar-refractivity contribution is 5.89. The van der Waals surface area contributed by atoms with Crippen molar-refractivity contribution in [3.05, 3.63) is 46.0 Å². The number of rotatable bonds is 3. The van der Waals surface area contributed by atoms with E-state index in [1.165, 1.54) is 7.11 Å². The molecule has 11 nitrogen and oxygen atoms in total. The van der Waals surface area contributed by atoms with Crippen LogP contribution < -0.4 is 0 Å². The molecule has 1 aromatic rings. The van der Waals surface area contributed by atoms with Gasteiger partial charge in [0.05, 0.1) is 12.7 Å². The first-order chi connectivity index (χ1) is 12.3. The Morgan fingerprint density at radius 2 is 1.79 bits per heavy atom. The first-order valence-corrected chi connectivity index (χ1v) is 8.24. The van der Waals surface area contributed by atoms with Gasteiger partial charge in [-0.05, 0) is 32.0 Å². The average Bonchev–Trinajstić information content (AvgIpc) is 2.85. The Hall–Kier alpha value is -2.76. The first-order valence-electron chi connectivity index (χ1n) is 8.24. The SMILES string of the molecule is COC(=O)[C@H]1[C@@H](OC(=O)c2ccccc2)C[C@@H]2CC[C@H]1N2C.O.O.O=[N+]([O-])O. The summed E-state index contributed by atoms with van der Waals surface area (Å²) in [7, 11) is 3.42. The normalized spacial score (nSPS) is 25.1. The summed E-state index contributed by atoms with van der Waals surface area (Å²) < 4.78 is 10.6. The van der Waals surface area contributed by atoms with Crippen LogP contribution in [0.2, 0.25) is 0 Å². The molecule has 2 aliphatic rings. The summed E-state index contributed by atoms with van der Waals surface area (Å²) in [5, 5.41) is 13.6. The highest BCUT2D eigenvalue weighted by Gasteiger charge is 2.50. The summed E-state index contributed by atoms with van der Waals surface area (Å²) in [6, 6.07) is 9.36. The zero-order valence-electron chi connectivity index (χ0n) is 15.6. The van der Waals surface area contributed by atoms with Gasteiger partial charge >= 0.3 is 11.9 Å². The number of piperidine rings is 1. The molecule has 4 atom stereocenters. The predicted octanol–water partition coefficient (Wildman–Crippen LogP) is -0.129. The van der Waals surface area contributed by atoms with Crippen LogP contribution in [0.5, 0.6) is 0 Å². The fourth-order valence-electron chi connectivity index (χ4n) is 3.77. The molecule has 2 aliphatic heterocycles. The third kappa shape index (κ3) is 5.87. The molecule has 11 heteroatoms. The number of nitrogens with zero attached hydrogens (tertiary/aromatic N) is 2. The van der Waals surface area contributed by atoms with Crippen molar-refractivity contribution in [1.29, 1.82) is 0 Å². The Morgan fingerprint density at radius 1 is 1.21 bits per heavy atom. The Labute approximate surface area is 161 Å². The fourth-order valence-corrected chi connectivity index (χ4v) is 3.77. The largest absolute Gasteiger partial charge is 0.469 e. The summed E-state index contributed by atoms with van der Waals surface area (Å²) in [6.45, 7) is 0. The van der Waals surface area contributed by atoms with E-state index in [4.69, 9.17) is 24.8 Å². The molecule has 2 heterocycles. The lowest BCUT2D eigenvalue weighted by Gasteiger charge is -2.40. The minimum atomic E-state index is -1.50. The van der Waals surface area contributed by atoms with Crippen molar-refractivity contribution in [3.8, 4) is 0 Å². The van der Waals surface area contributed by atoms with Gasteiger partial charge in [-0.1, -0.05) is 18.2 Å². The fraction of sp³-hybridized carbons (Fsp3) is 0.529. The van der Waals surface area contributed by atoms with Crippen LogP contribution in [0.25, 0.3) is 0 Å². The molecule has 0 unspecified atom stereocenters. The highest BCUT2D eigenvalue weighted by atomic mass is 16.9. The quantitative estimate of drug-likeness (QED) is 0.412. The smallest absolute Gasteiger partial charge is 0.338 e. The van der Waals surface area contributed by atoms with E-state index < -0.39 is 17.1 Å². The van der Waals surface area contributed by atoms with Gasteiger partial charge in [-0.3, -0.25) is 9.69 Å². The summed E-state index contributed by atoms with van der Waals surface area (Å²) in [5.41, 5.74) is 0.511. The number of fused-ring (bicyclic) bond motifs is 2. The molecule has 1 aromatic carbocycles. The molecule has 0 spiro atoms. The minimum absolute atomic E-state index is 0. The van der Waals surface area contributed by atoms with E-state index in [-0.39, 0.29) is 28.9 Å². The molecular weight excluding hydrogens is 376 g/mol. The van der Waals surface area contributed by atoms with Crippen LogP contribution in [0.4, 0.5) is 0 Å². The van der Waals surface area contributed by atoms with Gasteiger partial charge in [-0.15, -0.1) is 10.1 Å². The first kappa shape index (κ1) is 25.2. The molecule has 2 bridgehead atoms. The van der Waals surface area contributed by atoms with Crippen LogP contribution >= 0.6 is 0 Å². The van der Waals surface area contributed by atoms with Gasteiger partial charge in [0, 0.05) is 18.5 Å². The highest BCUT2D eigenvalue weighted by Crippen LogP contribution is 2.40. The predicted molar refractivity (Wildman–Crippen MR) is 96.4 cm³/mol. The lowest BCUT2D eigenvalue weighted by Crippen LogP contribution is -2.53. The monoisotopic (exact) mass is 402 g/mol. The Bertz CT molecular complexity index is 651. The van der Waals surface area contributed by atoms with Gasteiger partial charge in [0.1, 0.15) is 12.0 Å². The molecule has 0 aromatic heterocycles. The van der Waals surface area contributed by atoms with Gasteiger partial charge < -0.3 is 25.6 Å². The third-order valence-corrected chi connectivity index (χ3v) is 4.96. The van der Waals surface area contributed by atoms with Crippen LogP contribution in [0.15, 0.2) is 30.3 Å². The molecule has 28 heavy (non-hydrogen) atoms. The lowest BCUT2D eigenvalue weighted by molar-refractivity contribution is -0.742. The van der Waals surface area contributed by atoms with E-state index in [0.717, 1.165) is 12.8 Å². The second kappa shape index (κ2) is 11.2. The third-order valence-electron chi connectivity index (χ3n) is 4.96. The van der Waals surface area contributed by atoms with Crippen molar-refractivity contribution in [2.24, 2.45) is 5.92 Å². The molecule has 0 saturated carbocycles. The Balaban J connectivity index is 0.00000111. The van der Waals surface area contributed by atoms with Crippen LogP contribution in [0, 0.1) is 16.0 Å². The molecule has 158 valence electrons. The van der Waals surface area contributed by atoms with Gasteiger partial charge in [0.2, 0.25) is 0 Å². The molecule has 3 rings (SSSR count).